The summed E-state index contributed by atoms with van der Waals surface area (Å²) in [5.41, 5.74) is 5.32. The van der Waals surface area contributed by atoms with Crippen molar-refractivity contribution < 1.29 is 0 Å². The molecule has 0 saturated carbocycles. The Kier molecular flexibility index (Phi) is 4.07. The highest BCUT2D eigenvalue weighted by Gasteiger charge is 2.12. The fourth-order valence-corrected chi connectivity index (χ4v) is 2.94. The molecular weight excluding hydrogens is 334 g/mol. The van der Waals surface area contributed by atoms with Gasteiger partial charge in [-0.25, -0.2) is 9.97 Å². The van der Waals surface area contributed by atoms with Crippen LogP contribution in [0, 0.1) is 0 Å². The Labute approximate surface area is 150 Å². The number of nitrogens with one attached hydrogen (secondary N) is 2. The maximum atomic E-state index is 5.98. The molecule has 1 atom stereocenters. The van der Waals surface area contributed by atoms with E-state index in [1.54, 1.807) is 6.20 Å². The molecule has 0 radical (unpaired) electrons. The highest BCUT2D eigenvalue weighted by Crippen LogP contribution is 2.28. The van der Waals surface area contributed by atoms with E-state index in [1.807, 2.05) is 36.5 Å². The molecule has 1 aromatic carbocycles. The van der Waals surface area contributed by atoms with Crippen LogP contribution in [-0.4, -0.2) is 19.9 Å². The molecule has 5 nitrogen and oxygen atoms in total. The van der Waals surface area contributed by atoms with Gasteiger partial charge in [-0.1, -0.05) is 41.9 Å². The Morgan fingerprint density at radius 2 is 1.96 bits per heavy atom. The van der Waals surface area contributed by atoms with Gasteiger partial charge in [-0.05, 0) is 24.6 Å². The molecule has 6 heteroatoms. The summed E-state index contributed by atoms with van der Waals surface area (Å²) in [5, 5.41) is 3.87. The van der Waals surface area contributed by atoms with Gasteiger partial charge in [0.15, 0.2) is 5.65 Å². The number of nitrogens with zero attached hydrogens (tertiary/aromatic N) is 3. The van der Waals surface area contributed by atoms with E-state index in [2.05, 4.69) is 44.3 Å². The van der Waals surface area contributed by atoms with Crippen molar-refractivity contribution in [1.82, 2.24) is 19.9 Å². The first kappa shape index (κ1) is 15.6. The first-order valence-corrected chi connectivity index (χ1v) is 8.36. The number of aromatic amines is 1. The molecular formula is C19H16ClN5. The Morgan fingerprint density at radius 3 is 2.80 bits per heavy atom. The van der Waals surface area contributed by atoms with Gasteiger partial charge in [-0.3, -0.25) is 4.98 Å². The minimum atomic E-state index is 0.189. The van der Waals surface area contributed by atoms with Crippen molar-refractivity contribution in [3.8, 4) is 11.3 Å². The van der Waals surface area contributed by atoms with E-state index in [1.165, 1.54) is 11.8 Å². The van der Waals surface area contributed by atoms with Crippen molar-refractivity contribution in [2.75, 3.05) is 5.32 Å². The number of benzene rings is 1. The van der Waals surface area contributed by atoms with Crippen LogP contribution < -0.4 is 5.32 Å². The second-order valence-electron chi connectivity index (χ2n) is 5.80. The van der Waals surface area contributed by atoms with Gasteiger partial charge < -0.3 is 10.3 Å². The third-order valence-corrected chi connectivity index (χ3v) is 4.25. The lowest BCUT2D eigenvalue weighted by atomic mass is 10.1. The van der Waals surface area contributed by atoms with Gasteiger partial charge in [0.2, 0.25) is 0 Å². The zero-order chi connectivity index (χ0) is 17.2. The first-order valence-electron chi connectivity index (χ1n) is 7.98. The molecule has 3 heterocycles. The second-order valence-corrected chi connectivity index (χ2v) is 6.19. The lowest BCUT2D eigenvalue weighted by Crippen LogP contribution is -2.06. The molecule has 0 aliphatic rings. The van der Waals surface area contributed by atoms with Crippen LogP contribution in [0.2, 0.25) is 5.15 Å². The number of H-pyrrole nitrogens is 1. The molecule has 0 aliphatic heterocycles. The molecule has 4 rings (SSSR count). The fraction of sp³-hybridized carbons (Fsp3) is 0.105. The van der Waals surface area contributed by atoms with Crippen molar-refractivity contribution in [2.45, 2.75) is 13.0 Å². The van der Waals surface area contributed by atoms with E-state index in [0.29, 0.717) is 16.3 Å². The van der Waals surface area contributed by atoms with Crippen LogP contribution in [-0.2, 0) is 0 Å². The predicted molar refractivity (Wildman–Crippen MR) is 101 cm³/mol. The lowest BCUT2D eigenvalue weighted by molar-refractivity contribution is 0.884. The van der Waals surface area contributed by atoms with Crippen LogP contribution >= 0.6 is 11.6 Å². The zero-order valence-corrected chi connectivity index (χ0v) is 14.3. The minimum Gasteiger partial charge on any atom is -0.378 e. The summed E-state index contributed by atoms with van der Waals surface area (Å²) >= 11 is 5.98. The van der Waals surface area contributed by atoms with Crippen LogP contribution in [0.25, 0.3) is 22.4 Å². The van der Waals surface area contributed by atoms with Gasteiger partial charge >= 0.3 is 0 Å². The van der Waals surface area contributed by atoms with Gasteiger partial charge in [0.1, 0.15) is 10.7 Å². The van der Waals surface area contributed by atoms with E-state index >= 15 is 0 Å². The highest BCUT2D eigenvalue weighted by atomic mass is 35.5. The van der Waals surface area contributed by atoms with E-state index in [-0.39, 0.29) is 6.04 Å². The minimum absolute atomic E-state index is 0.189. The summed E-state index contributed by atoms with van der Waals surface area (Å²) in [7, 11) is 0. The zero-order valence-electron chi connectivity index (χ0n) is 13.6. The van der Waals surface area contributed by atoms with Gasteiger partial charge in [0, 0.05) is 29.7 Å². The Bertz CT molecular complexity index is 1010. The summed E-state index contributed by atoms with van der Waals surface area (Å²) in [6.45, 7) is 2.13. The van der Waals surface area contributed by atoms with Crippen LogP contribution in [0.5, 0.6) is 0 Å². The van der Waals surface area contributed by atoms with Crippen LogP contribution in [0.1, 0.15) is 18.5 Å². The summed E-state index contributed by atoms with van der Waals surface area (Å²) in [4.78, 5) is 16.2. The summed E-state index contributed by atoms with van der Waals surface area (Å²) in [6.07, 6.45) is 5.16. The molecule has 25 heavy (non-hydrogen) atoms. The molecule has 4 aromatic rings. The Morgan fingerprint density at radius 1 is 1.12 bits per heavy atom. The fourth-order valence-electron chi connectivity index (χ4n) is 2.81. The maximum Gasteiger partial charge on any atom is 0.156 e. The van der Waals surface area contributed by atoms with E-state index in [9.17, 15) is 0 Å². The SMILES string of the molecule is C[C@H](Nc1ccnc(-c2c[nH]c3ncc(Cl)nc23)c1)c1ccccc1. The van der Waals surface area contributed by atoms with Crippen molar-refractivity contribution in [3.05, 3.63) is 71.8 Å². The molecule has 0 saturated heterocycles. The van der Waals surface area contributed by atoms with Crippen molar-refractivity contribution >= 4 is 28.5 Å². The predicted octanol–water partition coefficient (Wildman–Crippen LogP) is 4.85. The normalized spacial score (nSPS) is 12.2. The number of pyridine rings is 1. The average molecular weight is 350 g/mol. The molecule has 3 aromatic heterocycles. The number of anilines is 1. The molecule has 0 amide bonds. The lowest BCUT2D eigenvalue weighted by Gasteiger charge is -2.16. The molecule has 0 bridgehead atoms. The van der Waals surface area contributed by atoms with Crippen molar-refractivity contribution in [1.29, 1.82) is 0 Å². The van der Waals surface area contributed by atoms with Gasteiger partial charge in [-0.2, -0.15) is 0 Å². The Hall–Kier alpha value is -2.92. The van der Waals surface area contributed by atoms with Crippen LogP contribution in [0.4, 0.5) is 5.69 Å². The summed E-state index contributed by atoms with van der Waals surface area (Å²) < 4.78 is 0. The summed E-state index contributed by atoms with van der Waals surface area (Å²) in [5.74, 6) is 0. The number of aromatic nitrogens is 4. The number of hydrogen-bond acceptors (Lipinski definition) is 4. The molecule has 2 N–H and O–H groups in total. The molecule has 0 aliphatic carbocycles. The first-order chi connectivity index (χ1) is 12.2. The smallest absolute Gasteiger partial charge is 0.156 e. The third kappa shape index (κ3) is 3.19. The monoisotopic (exact) mass is 349 g/mol. The van der Waals surface area contributed by atoms with E-state index in [0.717, 1.165) is 16.9 Å². The van der Waals surface area contributed by atoms with Crippen LogP contribution in [0.3, 0.4) is 0 Å². The van der Waals surface area contributed by atoms with Gasteiger partial charge in [0.25, 0.3) is 0 Å². The average Bonchev–Trinajstić information content (AvgIpc) is 3.05. The maximum absolute atomic E-state index is 5.98. The topological polar surface area (TPSA) is 66.5 Å². The van der Waals surface area contributed by atoms with Crippen molar-refractivity contribution in [2.24, 2.45) is 0 Å². The Balaban J connectivity index is 1.66. The number of fused-ring (bicyclic) bond motifs is 1. The number of halogens is 1. The highest BCUT2D eigenvalue weighted by molar-refractivity contribution is 6.29. The standard InChI is InChI=1S/C19H16ClN5/c1-12(13-5-3-2-4-6-13)24-14-7-8-21-16(9-14)15-10-22-19-18(15)25-17(20)11-23-19/h2-12H,1H3,(H,21,24)(H,22,23)/t12-/m0/s1. The molecule has 0 spiro atoms. The largest absolute Gasteiger partial charge is 0.378 e. The number of rotatable bonds is 4. The van der Waals surface area contributed by atoms with Crippen LogP contribution in [0.15, 0.2) is 61.1 Å². The van der Waals surface area contributed by atoms with Gasteiger partial charge in [-0.15, -0.1) is 0 Å². The van der Waals surface area contributed by atoms with E-state index < -0.39 is 0 Å². The van der Waals surface area contributed by atoms with E-state index in [4.69, 9.17) is 11.6 Å². The summed E-state index contributed by atoms with van der Waals surface area (Å²) in [6, 6.07) is 14.5. The molecule has 0 fully saturated rings. The number of hydrogen-bond donors (Lipinski definition) is 2. The molecule has 124 valence electrons. The quantitative estimate of drug-likeness (QED) is 0.553. The van der Waals surface area contributed by atoms with Crippen molar-refractivity contribution in [3.63, 3.8) is 0 Å². The molecule has 0 unspecified atom stereocenters. The van der Waals surface area contributed by atoms with Gasteiger partial charge in [0.05, 0.1) is 11.9 Å². The third-order valence-electron chi connectivity index (χ3n) is 4.07. The second kappa shape index (κ2) is 6.53.